The van der Waals surface area contributed by atoms with Crippen molar-refractivity contribution in [1.82, 2.24) is 5.32 Å². The number of allylic oxidation sites excluding steroid dienone is 1. The molecule has 0 saturated carbocycles. The van der Waals surface area contributed by atoms with Crippen LogP contribution >= 0.6 is 0 Å². The normalized spacial score (nSPS) is 12.8. The molecule has 3 heteroatoms. The molecule has 0 spiro atoms. The molecule has 2 aromatic carbocycles. The van der Waals surface area contributed by atoms with Gasteiger partial charge in [0.25, 0.3) is 0 Å². The van der Waals surface area contributed by atoms with Crippen molar-refractivity contribution in [3.63, 3.8) is 0 Å². The van der Waals surface area contributed by atoms with E-state index < -0.39 is 5.97 Å². The van der Waals surface area contributed by atoms with Gasteiger partial charge in [-0.25, -0.2) is 4.79 Å². The lowest BCUT2D eigenvalue weighted by molar-refractivity contribution is 0.0697. The van der Waals surface area contributed by atoms with E-state index in [1.54, 1.807) is 12.1 Å². The van der Waals surface area contributed by atoms with E-state index in [4.69, 9.17) is 5.11 Å². The van der Waals surface area contributed by atoms with E-state index in [1.807, 2.05) is 43.3 Å². The highest BCUT2D eigenvalue weighted by Gasteiger charge is 2.09. The maximum Gasteiger partial charge on any atom is 0.335 e. The Balaban J connectivity index is 2.15. The summed E-state index contributed by atoms with van der Waals surface area (Å²) in [5, 5.41) is 12.4. The molecule has 1 unspecified atom stereocenters. The predicted octanol–water partition coefficient (Wildman–Crippen LogP) is 4.10. The van der Waals surface area contributed by atoms with Gasteiger partial charge in [0.1, 0.15) is 0 Å². The summed E-state index contributed by atoms with van der Waals surface area (Å²) in [5.74, 6) is -0.908. The van der Waals surface area contributed by atoms with E-state index in [2.05, 4.69) is 24.4 Å². The molecule has 21 heavy (non-hydrogen) atoms. The smallest absolute Gasteiger partial charge is 0.335 e. The lowest BCUT2D eigenvalue weighted by Gasteiger charge is -2.18. The van der Waals surface area contributed by atoms with E-state index in [-0.39, 0.29) is 6.04 Å². The largest absolute Gasteiger partial charge is 0.478 e. The lowest BCUT2D eigenvalue weighted by atomic mass is 10.1. The molecule has 0 aliphatic heterocycles. The van der Waals surface area contributed by atoms with Crippen molar-refractivity contribution in [2.24, 2.45) is 0 Å². The standard InChI is InChI=1S/C18H19NO2/c1-3-17(15-9-11-16(12-10-15)18(20)21)19-13(2)14-7-5-4-6-8-14/h3-13,19H,1-2H3,(H,20,21)/b17-3-. The summed E-state index contributed by atoms with van der Waals surface area (Å²) >= 11 is 0. The highest BCUT2D eigenvalue weighted by Crippen LogP contribution is 2.19. The van der Waals surface area contributed by atoms with Gasteiger partial charge in [0, 0.05) is 11.7 Å². The van der Waals surface area contributed by atoms with Crippen LogP contribution in [0, 0.1) is 0 Å². The van der Waals surface area contributed by atoms with E-state index in [0.717, 1.165) is 11.3 Å². The second-order valence-electron chi connectivity index (χ2n) is 4.86. The van der Waals surface area contributed by atoms with Crippen molar-refractivity contribution in [3.8, 4) is 0 Å². The van der Waals surface area contributed by atoms with Gasteiger partial charge in [0.05, 0.1) is 5.56 Å². The summed E-state index contributed by atoms with van der Waals surface area (Å²) in [6.07, 6.45) is 2.00. The molecular formula is C18H19NO2. The first-order chi connectivity index (χ1) is 10.1. The predicted molar refractivity (Wildman–Crippen MR) is 85.0 cm³/mol. The van der Waals surface area contributed by atoms with Crippen molar-refractivity contribution < 1.29 is 9.90 Å². The van der Waals surface area contributed by atoms with Crippen LogP contribution in [0.1, 0.15) is 41.4 Å². The zero-order chi connectivity index (χ0) is 15.2. The van der Waals surface area contributed by atoms with Gasteiger partial charge in [-0.2, -0.15) is 0 Å². The second kappa shape index (κ2) is 6.75. The fourth-order valence-corrected chi connectivity index (χ4v) is 2.18. The first-order valence-corrected chi connectivity index (χ1v) is 6.93. The number of hydrogen-bond acceptors (Lipinski definition) is 2. The van der Waals surface area contributed by atoms with Crippen LogP contribution in [0.3, 0.4) is 0 Å². The van der Waals surface area contributed by atoms with E-state index in [1.165, 1.54) is 5.56 Å². The Kier molecular flexibility index (Phi) is 4.77. The summed E-state index contributed by atoms with van der Waals surface area (Å²) in [5.41, 5.74) is 3.47. The number of carboxylic acids is 1. The number of aromatic carboxylic acids is 1. The van der Waals surface area contributed by atoms with Gasteiger partial charge in [0.15, 0.2) is 0 Å². The summed E-state index contributed by atoms with van der Waals surface area (Å²) < 4.78 is 0. The average Bonchev–Trinajstić information content (AvgIpc) is 2.53. The minimum Gasteiger partial charge on any atom is -0.478 e. The van der Waals surface area contributed by atoms with Gasteiger partial charge >= 0.3 is 5.97 Å². The number of rotatable bonds is 5. The molecule has 1 atom stereocenters. The zero-order valence-electron chi connectivity index (χ0n) is 12.2. The molecule has 0 aliphatic rings. The van der Waals surface area contributed by atoms with Crippen molar-refractivity contribution in [3.05, 3.63) is 77.4 Å². The van der Waals surface area contributed by atoms with E-state index >= 15 is 0 Å². The summed E-state index contributed by atoms with van der Waals surface area (Å²) in [6.45, 7) is 4.07. The number of nitrogens with one attached hydrogen (secondary N) is 1. The van der Waals surface area contributed by atoms with Crippen molar-refractivity contribution >= 4 is 11.7 Å². The summed E-state index contributed by atoms with van der Waals surface area (Å²) in [7, 11) is 0. The highest BCUT2D eigenvalue weighted by atomic mass is 16.4. The monoisotopic (exact) mass is 281 g/mol. The first kappa shape index (κ1) is 14.9. The van der Waals surface area contributed by atoms with E-state index in [9.17, 15) is 4.79 Å². The van der Waals surface area contributed by atoms with Crippen LogP contribution in [-0.2, 0) is 0 Å². The van der Waals surface area contributed by atoms with E-state index in [0.29, 0.717) is 5.56 Å². The summed E-state index contributed by atoms with van der Waals surface area (Å²) in [6, 6.07) is 17.3. The van der Waals surface area contributed by atoms with Gasteiger partial charge in [-0.05, 0) is 37.1 Å². The van der Waals surface area contributed by atoms with Crippen molar-refractivity contribution in [2.75, 3.05) is 0 Å². The topological polar surface area (TPSA) is 49.3 Å². The Morgan fingerprint density at radius 3 is 2.14 bits per heavy atom. The third-order valence-corrected chi connectivity index (χ3v) is 3.40. The molecule has 2 rings (SSSR count). The average molecular weight is 281 g/mol. The second-order valence-corrected chi connectivity index (χ2v) is 4.86. The van der Waals surface area contributed by atoms with Gasteiger partial charge < -0.3 is 10.4 Å². The maximum atomic E-state index is 10.9. The Labute approximate surface area is 124 Å². The van der Waals surface area contributed by atoms with Gasteiger partial charge in [0.2, 0.25) is 0 Å². The fraction of sp³-hybridized carbons (Fsp3) is 0.167. The number of carbonyl (C=O) groups is 1. The molecule has 2 N–H and O–H groups in total. The molecule has 0 heterocycles. The number of carboxylic acid groups (broad SMARTS) is 1. The molecule has 0 bridgehead atoms. The van der Waals surface area contributed by atoms with Gasteiger partial charge in [-0.1, -0.05) is 48.5 Å². The molecule has 0 saturated heterocycles. The lowest BCUT2D eigenvalue weighted by Crippen LogP contribution is -2.17. The molecule has 0 aliphatic carbocycles. The highest BCUT2D eigenvalue weighted by molar-refractivity contribution is 5.88. The van der Waals surface area contributed by atoms with Crippen molar-refractivity contribution in [1.29, 1.82) is 0 Å². The Hall–Kier alpha value is -2.55. The molecule has 3 nitrogen and oxygen atoms in total. The first-order valence-electron chi connectivity index (χ1n) is 6.93. The fourth-order valence-electron chi connectivity index (χ4n) is 2.18. The van der Waals surface area contributed by atoms with Crippen LogP contribution in [0.15, 0.2) is 60.7 Å². The molecule has 108 valence electrons. The quantitative estimate of drug-likeness (QED) is 0.867. The molecule has 0 radical (unpaired) electrons. The van der Waals surface area contributed by atoms with Gasteiger partial charge in [-0.15, -0.1) is 0 Å². The Bertz CT molecular complexity index is 630. The third-order valence-electron chi connectivity index (χ3n) is 3.40. The minimum atomic E-state index is -0.908. The molecule has 2 aromatic rings. The van der Waals surface area contributed by atoms with Crippen LogP contribution in [-0.4, -0.2) is 11.1 Å². The van der Waals surface area contributed by atoms with Crippen molar-refractivity contribution in [2.45, 2.75) is 19.9 Å². The minimum absolute atomic E-state index is 0.177. The molecule has 0 amide bonds. The number of benzene rings is 2. The summed E-state index contributed by atoms with van der Waals surface area (Å²) in [4.78, 5) is 10.9. The Morgan fingerprint density at radius 2 is 1.62 bits per heavy atom. The maximum absolute atomic E-state index is 10.9. The van der Waals surface area contributed by atoms with Crippen LogP contribution in [0.4, 0.5) is 0 Å². The van der Waals surface area contributed by atoms with Crippen LogP contribution < -0.4 is 5.32 Å². The Morgan fingerprint density at radius 1 is 1.05 bits per heavy atom. The van der Waals surface area contributed by atoms with Crippen LogP contribution in [0.2, 0.25) is 0 Å². The molecule has 0 aromatic heterocycles. The SMILES string of the molecule is C/C=C(\NC(C)c1ccccc1)c1ccc(C(=O)O)cc1. The third kappa shape index (κ3) is 3.72. The number of hydrogen-bond donors (Lipinski definition) is 2. The van der Waals surface area contributed by atoms with Crippen LogP contribution in [0.5, 0.6) is 0 Å². The molecular weight excluding hydrogens is 262 g/mol. The van der Waals surface area contributed by atoms with Gasteiger partial charge in [-0.3, -0.25) is 0 Å². The zero-order valence-corrected chi connectivity index (χ0v) is 12.2. The molecule has 0 fully saturated rings. The van der Waals surface area contributed by atoms with Crippen LogP contribution in [0.25, 0.3) is 5.70 Å².